The van der Waals surface area contributed by atoms with Gasteiger partial charge in [0, 0.05) is 30.6 Å². The summed E-state index contributed by atoms with van der Waals surface area (Å²) in [6, 6.07) is 0.350. The molecule has 0 unspecified atom stereocenters. The van der Waals surface area contributed by atoms with Crippen LogP contribution >= 0.6 is 11.3 Å². The van der Waals surface area contributed by atoms with E-state index in [1.54, 1.807) is 17.5 Å². The van der Waals surface area contributed by atoms with Gasteiger partial charge in [-0.15, -0.1) is 11.3 Å². The van der Waals surface area contributed by atoms with Gasteiger partial charge in [0.1, 0.15) is 0 Å². The summed E-state index contributed by atoms with van der Waals surface area (Å²) >= 11 is 1.62. The van der Waals surface area contributed by atoms with Crippen LogP contribution < -0.4 is 10.6 Å². The maximum Gasteiger partial charge on any atom is 0.315 e. The smallest absolute Gasteiger partial charge is 0.315 e. The number of urea groups is 1. The van der Waals surface area contributed by atoms with Crippen LogP contribution in [0.2, 0.25) is 0 Å². The first-order valence-electron chi connectivity index (χ1n) is 5.77. The fourth-order valence-electron chi connectivity index (χ4n) is 1.97. The van der Waals surface area contributed by atoms with Gasteiger partial charge in [-0.3, -0.25) is 0 Å². The highest BCUT2D eigenvalue weighted by Crippen LogP contribution is 2.17. The molecule has 4 nitrogen and oxygen atoms in total. The fraction of sp³-hybridized carbons (Fsp3) is 0.636. The van der Waals surface area contributed by atoms with E-state index >= 15 is 0 Å². The quantitative estimate of drug-likeness (QED) is 0.843. The van der Waals surface area contributed by atoms with Crippen molar-refractivity contribution in [2.24, 2.45) is 0 Å². The molecule has 1 aliphatic rings. The average Bonchev–Trinajstić information content (AvgIpc) is 2.90. The van der Waals surface area contributed by atoms with E-state index in [-0.39, 0.29) is 6.03 Å². The Labute approximate surface area is 99.5 Å². The molecule has 0 atom stereocenters. The van der Waals surface area contributed by atoms with Crippen molar-refractivity contribution in [1.29, 1.82) is 0 Å². The second kappa shape index (κ2) is 5.84. The highest BCUT2D eigenvalue weighted by atomic mass is 32.1. The first-order valence-corrected chi connectivity index (χ1v) is 6.65. The van der Waals surface area contributed by atoms with Crippen molar-refractivity contribution in [3.63, 3.8) is 0 Å². The van der Waals surface area contributed by atoms with Gasteiger partial charge in [-0.05, 0) is 12.8 Å². The van der Waals surface area contributed by atoms with Gasteiger partial charge in [0.2, 0.25) is 0 Å². The SMILES string of the molecule is O=C(NCCc1nccs1)NC1CCCC1. The lowest BCUT2D eigenvalue weighted by atomic mass is 10.2. The summed E-state index contributed by atoms with van der Waals surface area (Å²) in [7, 11) is 0. The molecule has 0 aromatic carbocycles. The molecule has 2 amide bonds. The van der Waals surface area contributed by atoms with Crippen molar-refractivity contribution in [3.8, 4) is 0 Å². The molecule has 1 aliphatic carbocycles. The number of thiazole rings is 1. The minimum absolute atomic E-state index is 0.0385. The Morgan fingerprint density at radius 3 is 3.00 bits per heavy atom. The van der Waals surface area contributed by atoms with Crippen molar-refractivity contribution >= 4 is 17.4 Å². The highest BCUT2D eigenvalue weighted by Gasteiger charge is 2.16. The maximum absolute atomic E-state index is 11.5. The van der Waals surface area contributed by atoms with Gasteiger partial charge in [0.25, 0.3) is 0 Å². The lowest BCUT2D eigenvalue weighted by Crippen LogP contribution is -2.41. The van der Waals surface area contributed by atoms with E-state index in [9.17, 15) is 4.79 Å². The van der Waals surface area contributed by atoms with Crippen molar-refractivity contribution in [3.05, 3.63) is 16.6 Å². The molecule has 0 aliphatic heterocycles. The second-order valence-electron chi connectivity index (χ2n) is 4.06. The van der Waals surface area contributed by atoms with Gasteiger partial charge in [-0.1, -0.05) is 12.8 Å². The molecule has 1 saturated carbocycles. The summed E-state index contributed by atoms with van der Waals surface area (Å²) in [5, 5.41) is 8.88. The number of rotatable bonds is 4. The largest absolute Gasteiger partial charge is 0.338 e. The van der Waals surface area contributed by atoms with Crippen molar-refractivity contribution in [1.82, 2.24) is 15.6 Å². The number of hydrogen-bond donors (Lipinski definition) is 2. The molecule has 1 heterocycles. The fourth-order valence-corrected chi connectivity index (χ4v) is 2.59. The lowest BCUT2D eigenvalue weighted by Gasteiger charge is -2.12. The normalized spacial score (nSPS) is 16.2. The van der Waals surface area contributed by atoms with Crippen LogP contribution in [0.4, 0.5) is 4.79 Å². The van der Waals surface area contributed by atoms with E-state index in [1.807, 2.05) is 5.38 Å². The number of aromatic nitrogens is 1. The Bertz CT molecular complexity index is 320. The Morgan fingerprint density at radius 2 is 2.31 bits per heavy atom. The predicted octanol–water partition coefficient (Wildman–Crippen LogP) is 1.93. The summed E-state index contributed by atoms with van der Waals surface area (Å²) in [5.74, 6) is 0. The third-order valence-corrected chi connectivity index (χ3v) is 3.64. The van der Waals surface area contributed by atoms with Crippen LogP contribution in [-0.2, 0) is 6.42 Å². The summed E-state index contributed by atoms with van der Waals surface area (Å²) in [6.45, 7) is 0.659. The van der Waals surface area contributed by atoms with Crippen LogP contribution in [0.15, 0.2) is 11.6 Å². The van der Waals surface area contributed by atoms with Crippen molar-refractivity contribution in [2.45, 2.75) is 38.1 Å². The molecule has 2 N–H and O–H groups in total. The van der Waals surface area contributed by atoms with E-state index in [0.29, 0.717) is 12.6 Å². The predicted molar refractivity (Wildman–Crippen MR) is 64.6 cm³/mol. The number of nitrogens with zero attached hydrogens (tertiary/aromatic N) is 1. The number of amides is 2. The minimum atomic E-state index is -0.0385. The Morgan fingerprint density at radius 1 is 1.50 bits per heavy atom. The van der Waals surface area contributed by atoms with Crippen LogP contribution in [0.3, 0.4) is 0 Å². The van der Waals surface area contributed by atoms with Crippen LogP contribution in [0.25, 0.3) is 0 Å². The van der Waals surface area contributed by atoms with Crippen molar-refractivity contribution in [2.75, 3.05) is 6.54 Å². The summed E-state index contributed by atoms with van der Waals surface area (Å²) in [6.07, 6.45) is 7.34. The topological polar surface area (TPSA) is 54.0 Å². The third kappa shape index (κ3) is 3.48. The second-order valence-corrected chi connectivity index (χ2v) is 5.04. The zero-order valence-electron chi connectivity index (χ0n) is 9.24. The summed E-state index contributed by atoms with van der Waals surface area (Å²) in [4.78, 5) is 15.7. The first kappa shape index (κ1) is 11.4. The molecule has 0 saturated heterocycles. The lowest BCUT2D eigenvalue weighted by molar-refractivity contribution is 0.237. The third-order valence-electron chi connectivity index (χ3n) is 2.80. The average molecular weight is 239 g/mol. The number of carbonyl (C=O) groups excluding carboxylic acids is 1. The van der Waals surface area contributed by atoms with E-state index in [1.165, 1.54) is 12.8 Å². The molecular weight excluding hydrogens is 222 g/mol. The Hall–Kier alpha value is -1.10. The van der Waals surface area contributed by atoms with Gasteiger partial charge in [-0.25, -0.2) is 9.78 Å². The minimum Gasteiger partial charge on any atom is -0.338 e. The summed E-state index contributed by atoms with van der Waals surface area (Å²) < 4.78 is 0. The standard InChI is InChI=1S/C11H17N3OS/c15-11(14-9-3-1-2-4-9)13-6-5-10-12-7-8-16-10/h7-9H,1-6H2,(H2,13,14,15). The van der Waals surface area contributed by atoms with Crippen LogP contribution in [0.5, 0.6) is 0 Å². The molecule has 1 fully saturated rings. The van der Waals surface area contributed by atoms with Gasteiger partial charge in [0.15, 0.2) is 0 Å². The molecular formula is C11H17N3OS. The van der Waals surface area contributed by atoms with Gasteiger partial charge >= 0.3 is 6.03 Å². The van der Waals surface area contributed by atoms with Gasteiger partial charge in [-0.2, -0.15) is 0 Å². The molecule has 88 valence electrons. The molecule has 1 aromatic rings. The Kier molecular flexibility index (Phi) is 4.16. The molecule has 0 spiro atoms. The van der Waals surface area contributed by atoms with E-state index in [0.717, 1.165) is 24.3 Å². The molecule has 1 aromatic heterocycles. The first-order chi connectivity index (χ1) is 7.84. The van der Waals surface area contributed by atoms with E-state index < -0.39 is 0 Å². The molecule has 0 bridgehead atoms. The zero-order valence-corrected chi connectivity index (χ0v) is 10.1. The van der Waals surface area contributed by atoms with Crippen LogP contribution in [-0.4, -0.2) is 23.6 Å². The number of nitrogens with one attached hydrogen (secondary N) is 2. The van der Waals surface area contributed by atoms with E-state index in [2.05, 4.69) is 15.6 Å². The molecule has 16 heavy (non-hydrogen) atoms. The summed E-state index contributed by atoms with van der Waals surface area (Å²) in [5.41, 5.74) is 0. The molecule has 2 rings (SSSR count). The molecule has 5 heteroatoms. The number of carbonyl (C=O) groups is 1. The maximum atomic E-state index is 11.5. The monoisotopic (exact) mass is 239 g/mol. The highest BCUT2D eigenvalue weighted by molar-refractivity contribution is 7.09. The van der Waals surface area contributed by atoms with Crippen LogP contribution in [0, 0.1) is 0 Å². The van der Waals surface area contributed by atoms with Gasteiger partial charge < -0.3 is 10.6 Å². The van der Waals surface area contributed by atoms with Gasteiger partial charge in [0.05, 0.1) is 5.01 Å². The zero-order chi connectivity index (χ0) is 11.2. The van der Waals surface area contributed by atoms with Crippen molar-refractivity contribution < 1.29 is 4.79 Å². The Balaban J connectivity index is 1.60. The molecule has 0 radical (unpaired) electrons. The number of hydrogen-bond acceptors (Lipinski definition) is 3. The van der Waals surface area contributed by atoms with E-state index in [4.69, 9.17) is 0 Å². The van der Waals surface area contributed by atoms with Crippen LogP contribution in [0.1, 0.15) is 30.7 Å².